The highest BCUT2D eigenvalue weighted by atomic mass is 15.0. The maximum absolute atomic E-state index is 9.27. The second-order valence-electron chi connectivity index (χ2n) is 4.02. The topological polar surface area (TPSA) is 51.6 Å². The van der Waals surface area contributed by atoms with Crippen LogP contribution in [0.5, 0.6) is 0 Å². The van der Waals surface area contributed by atoms with Crippen molar-refractivity contribution in [2.45, 2.75) is 0 Å². The Balaban J connectivity index is 2.10. The van der Waals surface area contributed by atoms with Crippen molar-refractivity contribution in [2.24, 2.45) is 0 Å². The number of para-hydroxylation sites is 2. The molecule has 0 saturated carbocycles. The Bertz CT molecular complexity index is 720. The number of anilines is 2. The third kappa shape index (κ3) is 1.70. The number of fused-ring (bicyclic) bond motifs is 1. The van der Waals surface area contributed by atoms with E-state index >= 15 is 0 Å². The SMILES string of the molecule is N#Cc1c(Nc2ccccc2)[nH]c2ccccc12. The van der Waals surface area contributed by atoms with Crippen molar-refractivity contribution in [3.63, 3.8) is 0 Å². The molecular formula is C15H11N3. The minimum absolute atomic E-state index is 0.648. The minimum Gasteiger partial charge on any atom is -0.341 e. The second-order valence-corrected chi connectivity index (χ2v) is 4.02. The fourth-order valence-electron chi connectivity index (χ4n) is 2.02. The molecule has 2 N–H and O–H groups in total. The van der Waals surface area contributed by atoms with Gasteiger partial charge in [-0.15, -0.1) is 0 Å². The number of rotatable bonds is 2. The zero-order valence-corrected chi connectivity index (χ0v) is 9.64. The normalized spacial score (nSPS) is 10.2. The van der Waals surface area contributed by atoms with E-state index in [0.717, 1.165) is 22.4 Å². The largest absolute Gasteiger partial charge is 0.341 e. The smallest absolute Gasteiger partial charge is 0.127 e. The van der Waals surface area contributed by atoms with Crippen molar-refractivity contribution in [3.05, 3.63) is 60.2 Å². The molecule has 2 aromatic carbocycles. The lowest BCUT2D eigenvalue weighted by molar-refractivity contribution is 1.40. The molecule has 86 valence electrons. The highest BCUT2D eigenvalue weighted by Crippen LogP contribution is 2.27. The second kappa shape index (κ2) is 4.27. The summed E-state index contributed by atoms with van der Waals surface area (Å²) in [5, 5.41) is 13.5. The summed E-state index contributed by atoms with van der Waals surface area (Å²) in [5.74, 6) is 0.741. The summed E-state index contributed by atoms with van der Waals surface area (Å²) >= 11 is 0. The molecule has 0 unspecified atom stereocenters. The first-order chi connectivity index (χ1) is 8.88. The fourth-order valence-corrected chi connectivity index (χ4v) is 2.02. The van der Waals surface area contributed by atoms with Gasteiger partial charge in [-0.1, -0.05) is 36.4 Å². The van der Waals surface area contributed by atoms with Crippen LogP contribution in [-0.4, -0.2) is 4.98 Å². The van der Waals surface area contributed by atoms with Gasteiger partial charge in [0.1, 0.15) is 17.5 Å². The van der Waals surface area contributed by atoms with Gasteiger partial charge in [0.15, 0.2) is 0 Å². The molecule has 0 aliphatic carbocycles. The van der Waals surface area contributed by atoms with Crippen LogP contribution in [0.4, 0.5) is 11.5 Å². The number of aromatic nitrogens is 1. The molecule has 0 aliphatic heterocycles. The lowest BCUT2D eigenvalue weighted by Crippen LogP contribution is -1.91. The molecule has 1 aromatic heterocycles. The Morgan fingerprint density at radius 2 is 1.67 bits per heavy atom. The molecule has 0 atom stereocenters. The first-order valence-electron chi connectivity index (χ1n) is 5.71. The first kappa shape index (κ1) is 10.4. The Labute approximate surface area is 105 Å². The molecule has 0 amide bonds. The molecule has 0 saturated heterocycles. The predicted molar refractivity (Wildman–Crippen MR) is 72.7 cm³/mol. The van der Waals surface area contributed by atoms with E-state index in [9.17, 15) is 5.26 Å². The monoisotopic (exact) mass is 233 g/mol. The van der Waals surface area contributed by atoms with Crippen LogP contribution in [0, 0.1) is 11.3 Å². The molecule has 3 heteroatoms. The summed E-state index contributed by atoms with van der Waals surface area (Å²) in [6.07, 6.45) is 0. The van der Waals surface area contributed by atoms with Crippen LogP contribution in [0.3, 0.4) is 0 Å². The molecule has 0 aliphatic rings. The van der Waals surface area contributed by atoms with Gasteiger partial charge >= 0.3 is 0 Å². The van der Waals surface area contributed by atoms with Crippen LogP contribution in [0.2, 0.25) is 0 Å². The summed E-state index contributed by atoms with van der Waals surface area (Å²) in [6, 6.07) is 19.8. The van der Waals surface area contributed by atoms with Crippen molar-refractivity contribution in [3.8, 4) is 6.07 Å². The van der Waals surface area contributed by atoms with Gasteiger partial charge in [-0.05, 0) is 18.2 Å². The van der Waals surface area contributed by atoms with Gasteiger partial charge in [-0.3, -0.25) is 0 Å². The molecule has 0 fully saturated rings. The number of hydrogen-bond donors (Lipinski definition) is 2. The lowest BCUT2D eigenvalue weighted by Gasteiger charge is -2.03. The average molecular weight is 233 g/mol. The number of H-pyrrole nitrogens is 1. The van der Waals surface area contributed by atoms with E-state index in [2.05, 4.69) is 16.4 Å². The maximum atomic E-state index is 9.27. The van der Waals surface area contributed by atoms with E-state index in [4.69, 9.17) is 0 Å². The average Bonchev–Trinajstić information content (AvgIpc) is 2.77. The molecule has 3 aromatic rings. The highest BCUT2D eigenvalue weighted by molar-refractivity contribution is 5.92. The quantitative estimate of drug-likeness (QED) is 0.707. The number of benzene rings is 2. The van der Waals surface area contributed by atoms with Gasteiger partial charge < -0.3 is 10.3 Å². The standard InChI is InChI=1S/C15H11N3/c16-10-13-12-8-4-5-9-14(12)18-15(13)17-11-6-2-1-3-7-11/h1-9,17-18H. The Morgan fingerprint density at radius 1 is 0.944 bits per heavy atom. The minimum atomic E-state index is 0.648. The number of nitrogens with one attached hydrogen (secondary N) is 2. The van der Waals surface area contributed by atoms with Crippen molar-refractivity contribution in [2.75, 3.05) is 5.32 Å². The van der Waals surface area contributed by atoms with Gasteiger partial charge in [0.25, 0.3) is 0 Å². The Hall–Kier alpha value is -2.73. The number of aromatic amines is 1. The number of hydrogen-bond acceptors (Lipinski definition) is 2. The molecular weight excluding hydrogens is 222 g/mol. The lowest BCUT2D eigenvalue weighted by atomic mass is 10.2. The molecule has 0 bridgehead atoms. The highest BCUT2D eigenvalue weighted by Gasteiger charge is 2.10. The van der Waals surface area contributed by atoms with Crippen molar-refractivity contribution in [1.82, 2.24) is 4.98 Å². The third-order valence-electron chi connectivity index (χ3n) is 2.86. The third-order valence-corrected chi connectivity index (χ3v) is 2.86. The van der Waals surface area contributed by atoms with Crippen molar-refractivity contribution in [1.29, 1.82) is 5.26 Å². The van der Waals surface area contributed by atoms with Crippen LogP contribution in [-0.2, 0) is 0 Å². The molecule has 3 nitrogen and oxygen atoms in total. The zero-order valence-electron chi connectivity index (χ0n) is 9.64. The van der Waals surface area contributed by atoms with E-state index < -0.39 is 0 Å². The van der Waals surface area contributed by atoms with Crippen LogP contribution < -0.4 is 5.32 Å². The molecule has 3 rings (SSSR count). The van der Waals surface area contributed by atoms with Gasteiger partial charge in [0, 0.05) is 16.6 Å². The summed E-state index contributed by atoms with van der Waals surface area (Å²) < 4.78 is 0. The first-order valence-corrected chi connectivity index (χ1v) is 5.71. The van der Waals surface area contributed by atoms with Crippen LogP contribution >= 0.6 is 0 Å². The van der Waals surface area contributed by atoms with E-state index in [-0.39, 0.29) is 0 Å². The van der Waals surface area contributed by atoms with Gasteiger partial charge in [-0.25, -0.2) is 0 Å². The predicted octanol–water partition coefficient (Wildman–Crippen LogP) is 3.78. The van der Waals surface area contributed by atoms with Crippen LogP contribution in [0.1, 0.15) is 5.56 Å². The van der Waals surface area contributed by atoms with E-state index in [1.165, 1.54) is 0 Å². The van der Waals surface area contributed by atoms with Crippen LogP contribution in [0.15, 0.2) is 54.6 Å². The Kier molecular flexibility index (Phi) is 2.47. The summed E-state index contributed by atoms with van der Waals surface area (Å²) in [6.45, 7) is 0. The molecule has 1 heterocycles. The summed E-state index contributed by atoms with van der Waals surface area (Å²) in [5.41, 5.74) is 2.57. The number of nitrogens with zero attached hydrogens (tertiary/aromatic N) is 1. The van der Waals surface area contributed by atoms with E-state index in [1.807, 2.05) is 54.6 Å². The summed E-state index contributed by atoms with van der Waals surface area (Å²) in [4.78, 5) is 3.23. The van der Waals surface area contributed by atoms with Crippen molar-refractivity contribution >= 4 is 22.4 Å². The molecule has 0 spiro atoms. The molecule has 0 radical (unpaired) electrons. The number of nitriles is 1. The summed E-state index contributed by atoms with van der Waals surface area (Å²) in [7, 11) is 0. The van der Waals surface area contributed by atoms with Gasteiger partial charge in [0.05, 0.1) is 0 Å². The molecule has 18 heavy (non-hydrogen) atoms. The van der Waals surface area contributed by atoms with Crippen molar-refractivity contribution < 1.29 is 0 Å². The van der Waals surface area contributed by atoms with E-state index in [1.54, 1.807) is 0 Å². The Morgan fingerprint density at radius 3 is 2.44 bits per heavy atom. The maximum Gasteiger partial charge on any atom is 0.127 e. The van der Waals surface area contributed by atoms with Crippen LogP contribution in [0.25, 0.3) is 10.9 Å². The zero-order chi connectivity index (χ0) is 12.4. The fraction of sp³-hybridized carbons (Fsp3) is 0. The van der Waals surface area contributed by atoms with E-state index in [0.29, 0.717) is 5.56 Å². The van der Waals surface area contributed by atoms with Gasteiger partial charge in [-0.2, -0.15) is 5.26 Å². The van der Waals surface area contributed by atoms with Gasteiger partial charge in [0.2, 0.25) is 0 Å².